The van der Waals surface area contributed by atoms with Gasteiger partial charge >= 0.3 is 0 Å². The molecule has 0 N–H and O–H groups in total. The van der Waals surface area contributed by atoms with Gasteiger partial charge in [0.2, 0.25) is 0 Å². The molecular weight excluding hydrogens is 516 g/mol. The van der Waals surface area contributed by atoms with Crippen LogP contribution >= 0.6 is 0 Å². The van der Waals surface area contributed by atoms with Gasteiger partial charge in [-0.25, -0.2) is 0 Å². The lowest BCUT2D eigenvalue weighted by Crippen LogP contribution is -2.14. The maximum absolute atomic E-state index is 2.46. The minimum atomic E-state index is -0.0337. The van der Waals surface area contributed by atoms with Crippen molar-refractivity contribution in [1.82, 2.24) is 0 Å². The van der Waals surface area contributed by atoms with Crippen molar-refractivity contribution >= 4 is 43.1 Å². The average Bonchev–Trinajstić information content (AvgIpc) is 3.30. The van der Waals surface area contributed by atoms with Gasteiger partial charge in [-0.15, -0.1) is 0 Å². The van der Waals surface area contributed by atoms with E-state index in [-0.39, 0.29) is 5.41 Å². The van der Waals surface area contributed by atoms with Crippen LogP contribution in [-0.4, -0.2) is 0 Å². The van der Waals surface area contributed by atoms with E-state index in [1.165, 1.54) is 87.6 Å². The van der Waals surface area contributed by atoms with Crippen LogP contribution in [0.5, 0.6) is 0 Å². The molecule has 0 unspecified atom stereocenters. The molecule has 0 spiro atoms. The quantitative estimate of drug-likeness (QED) is 0.189. The van der Waals surface area contributed by atoms with Crippen LogP contribution in [0.1, 0.15) is 25.0 Å². The van der Waals surface area contributed by atoms with E-state index in [4.69, 9.17) is 0 Å². The van der Waals surface area contributed by atoms with E-state index < -0.39 is 0 Å². The van der Waals surface area contributed by atoms with E-state index in [0.29, 0.717) is 0 Å². The molecule has 0 amide bonds. The molecule has 9 rings (SSSR count). The number of fused-ring (bicyclic) bond motifs is 9. The van der Waals surface area contributed by atoms with Crippen LogP contribution in [0.15, 0.2) is 146 Å². The Hall–Kier alpha value is -5.20. The largest absolute Gasteiger partial charge is 0.0619 e. The predicted molar refractivity (Wildman–Crippen MR) is 185 cm³/mol. The van der Waals surface area contributed by atoms with Crippen molar-refractivity contribution < 1.29 is 0 Å². The molecule has 0 nitrogen and oxygen atoms in total. The first-order valence-corrected chi connectivity index (χ1v) is 15.2. The van der Waals surface area contributed by atoms with Crippen LogP contribution in [0.25, 0.3) is 76.5 Å². The fraction of sp³-hybridized carbons (Fsp3) is 0.0698. The summed E-state index contributed by atoms with van der Waals surface area (Å²) in [6.45, 7) is 4.73. The van der Waals surface area contributed by atoms with E-state index in [2.05, 4.69) is 159 Å². The Morgan fingerprint density at radius 3 is 1.74 bits per heavy atom. The van der Waals surface area contributed by atoms with Crippen molar-refractivity contribution in [2.45, 2.75) is 19.3 Å². The van der Waals surface area contributed by atoms with Crippen molar-refractivity contribution in [2.75, 3.05) is 0 Å². The molecule has 0 heteroatoms. The minimum absolute atomic E-state index is 0.0337. The highest BCUT2D eigenvalue weighted by atomic mass is 14.4. The fourth-order valence-electron chi connectivity index (χ4n) is 7.78. The zero-order valence-corrected chi connectivity index (χ0v) is 24.4. The van der Waals surface area contributed by atoms with Gasteiger partial charge in [0.1, 0.15) is 0 Å². The first kappa shape index (κ1) is 24.4. The molecule has 0 aromatic heterocycles. The summed E-state index contributed by atoms with van der Waals surface area (Å²) in [5.74, 6) is 0. The van der Waals surface area contributed by atoms with E-state index in [1.54, 1.807) is 0 Å². The zero-order chi connectivity index (χ0) is 28.7. The first-order chi connectivity index (χ1) is 21.1. The topological polar surface area (TPSA) is 0 Å². The van der Waals surface area contributed by atoms with E-state index in [1.807, 2.05) is 0 Å². The molecule has 0 aliphatic heterocycles. The Labute approximate surface area is 251 Å². The summed E-state index contributed by atoms with van der Waals surface area (Å²) in [6, 6.07) is 54.2. The fourth-order valence-corrected chi connectivity index (χ4v) is 7.78. The highest BCUT2D eigenvalue weighted by molar-refractivity contribution is 6.26. The van der Waals surface area contributed by atoms with Gasteiger partial charge in [0.25, 0.3) is 0 Å². The average molecular weight is 547 g/mol. The van der Waals surface area contributed by atoms with E-state index in [0.717, 1.165) is 0 Å². The van der Waals surface area contributed by atoms with Crippen LogP contribution in [-0.2, 0) is 5.41 Å². The normalized spacial score (nSPS) is 13.5. The summed E-state index contributed by atoms with van der Waals surface area (Å²) in [5.41, 5.74) is 10.7. The number of hydrogen-bond donors (Lipinski definition) is 0. The van der Waals surface area contributed by atoms with Crippen LogP contribution < -0.4 is 0 Å². The summed E-state index contributed by atoms with van der Waals surface area (Å²) < 4.78 is 0. The third-order valence-electron chi connectivity index (χ3n) is 9.82. The van der Waals surface area contributed by atoms with Crippen LogP contribution in [0.2, 0.25) is 0 Å². The molecule has 0 fully saturated rings. The van der Waals surface area contributed by atoms with Gasteiger partial charge in [0, 0.05) is 5.41 Å². The number of rotatable bonds is 2. The Morgan fingerprint density at radius 2 is 0.953 bits per heavy atom. The lowest BCUT2D eigenvalue weighted by Gasteiger charge is -2.22. The molecule has 0 heterocycles. The lowest BCUT2D eigenvalue weighted by atomic mass is 9.81. The molecule has 8 aromatic carbocycles. The molecule has 8 aromatic rings. The van der Waals surface area contributed by atoms with Gasteiger partial charge in [-0.2, -0.15) is 0 Å². The van der Waals surface area contributed by atoms with E-state index in [9.17, 15) is 0 Å². The number of benzene rings is 8. The van der Waals surface area contributed by atoms with Gasteiger partial charge in [0.05, 0.1) is 0 Å². The Morgan fingerprint density at radius 1 is 0.372 bits per heavy atom. The minimum Gasteiger partial charge on any atom is -0.0619 e. The molecule has 43 heavy (non-hydrogen) atoms. The molecule has 0 radical (unpaired) electrons. The third-order valence-corrected chi connectivity index (χ3v) is 9.82. The molecule has 0 bridgehead atoms. The smallest absolute Gasteiger partial charge is 0.0159 e. The molecule has 1 aliphatic carbocycles. The molecule has 202 valence electrons. The van der Waals surface area contributed by atoms with Gasteiger partial charge in [-0.1, -0.05) is 141 Å². The van der Waals surface area contributed by atoms with Crippen LogP contribution in [0.3, 0.4) is 0 Å². The van der Waals surface area contributed by atoms with Crippen molar-refractivity contribution in [3.05, 3.63) is 157 Å². The van der Waals surface area contributed by atoms with Gasteiger partial charge < -0.3 is 0 Å². The summed E-state index contributed by atoms with van der Waals surface area (Å²) in [5, 5.41) is 10.3. The van der Waals surface area contributed by atoms with Crippen molar-refractivity contribution in [3.63, 3.8) is 0 Å². The molecule has 0 atom stereocenters. The second kappa shape index (κ2) is 8.90. The van der Waals surface area contributed by atoms with Gasteiger partial charge in [-0.3, -0.25) is 0 Å². The monoisotopic (exact) mass is 546 g/mol. The second-order valence-corrected chi connectivity index (χ2v) is 12.5. The van der Waals surface area contributed by atoms with Crippen molar-refractivity contribution in [2.24, 2.45) is 0 Å². The highest BCUT2D eigenvalue weighted by Crippen LogP contribution is 2.53. The Kier molecular flexibility index (Phi) is 5.05. The first-order valence-electron chi connectivity index (χ1n) is 15.2. The maximum Gasteiger partial charge on any atom is 0.0159 e. The van der Waals surface area contributed by atoms with Gasteiger partial charge in [0.15, 0.2) is 0 Å². The standard InChI is InChI=1S/C43H30/c1-43(2)39-20-10-9-18-36(39)42-35(19-11-21-40(42)43)38-26-30-25-37(29-23-22-27-12-3-4-13-28(27)24-29)31-14-5-7-16-33(31)41(30)34-17-8-6-15-32(34)38/h3-26H,1-2H3. The molecule has 0 saturated heterocycles. The Balaban J connectivity index is 1.40. The zero-order valence-electron chi connectivity index (χ0n) is 24.4. The van der Waals surface area contributed by atoms with Crippen molar-refractivity contribution in [3.8, 4) is 33.4 Å². The number of hydrogen-bond acceptors (Lipinski definition) is 0. The third kappa shape index (κ3) is 3.44. The van der Waals surface area contributed by atoms with Crippen LogP contribution in [0.4, 0.5) is 0 Å². The summed E-state index contributed by atoms with van der Waals surface area (Å²) in [4.78, 5) is 0. The predicted octanol–water partition coefficient (Wildman–Crippen LogP) is 11.9. The SMILES string of the molecule is CC1(C)c2ccccc2-c2c(-c3cc4cc(-c5ccc6ccccc6c5)c5ccccc5c4c4ccccc34)cccc21. The van der Waals surface area contributed by atoms with Gasteiger partial charge in [-0.05, 0) is 106 Å². The van der Waals surface area contributed by atoms with E-state index >= 15 is 0 Å². The Bertz CT molecular complexity index is 2420. The highest BCUT2D eigenvalue weighted by Gasteiger charge is 2.36. The molecular formula is C43H30. The summed E-state index contributed by atoms with van der Waals surface area (Å²) >= 11 is 0. The molecule has 1 aliphatic rings. The molecule has 0 saturated carbocycles. The maximum atomic E-state index is 2.46. The second-order valence-electron chi connectivity index (χ2n) is 12.5. The summed E-state index contributed by atoms with van der Waals surface area (Å²) in [7, 11) is 0. The lowest BCUT2D eigenvalue weighted by molar-refractivity contribution is 0.660. The summed E-state index contributed by atoms with van der Waals surface area (Å²) in [6.07, 6.45) is 0. The van der Waals surface area contributed by atoms with Crippen LogP contribution in [0, 0.1) is 0 Å². The van der Waals surface area contributed by atoms with Crippen molar-refractivity contribution in [1.29, 1.82) is 0 Å².